The summed E-state index contributed by atoms with van der Waals surface area (Å²) in [5.41, 5.74) is 2.55. The van der Waals surface area contributed by atoms with Gasteiger partial charge < -0.3 is 19.2 Å². The Morgan fingerprint density at radius 2 is 1.92 bits per heavy atom. The largest absolute Gasteiger partial charge is 0.486 e. The Balaban J connectivity index is 1.50. The molecule has 4 rings (SSSR count). The fourth-order valence-corrected chi connectivity index (χ4v) is 2.79. The first-order valence-electron chi connectivity index (χ1n) is 7.88. The van der Waals surface area contributed by atoms with Crippen LogP contribution in [0.3, 0.4) is 0 Å². The van der Waals surface area contributed by atoms with Gasteiger partial charge in [-0.05, 0) is 35.9 Å². The summed E-state index contributed by atoms with van der Waals surface area (Å²) in [7, 11) is 1.62. The molecule has 0 saturated heterocycles. The van der Waals surface area contributed by atoms with Crippen LogP contribution in [0, 0.1) is 0 Å². The Morgan fingerprint density at radius 1 is 1.12 bits per heavy atom. The average molecular weight is 340 g/mol. The number of carbonyl (C=O) groups is 1. The molecule has 128 valence electrons. The number of benzene rings is 2. The van der Waals surface area contributed by atoms with E-state index < -0.39 is 5.76 Å². The van der Waals surface area contributed by atoms with Gasteiger partial charge in [-0.2, -0.15) is 0 Å². The third-order valence-corrected chi connectivity index (χ3v) is 4.05. The van der Waals surface area contributed by atoms with E-state index in [-0.39, 0.29) is 12.3 Å². The molecule has 0 atom stereocenters. The number of carbonyl (C=O) groups excluding carboxylic acids is 1. The van der Waals surface area contributed by atoms with Crippen LogP contribution in [0.15, 0.2) is 45.6 Å². The lowest BCUT2D eigenvalue weighted by molar-refractivity contribution is -0.115. The minimum absolute atomic E-state index is 0.162. The molecule has 1 N–H and O–H groups in total. The van der Waals surface area contributed by atoms with Crippen molar-refractivity contribution in [3.8, 4) is 11.5 Å². The van der Waals surface area contributed by atoms with Crippen LogP contribution in [0.2, 0.25) is 0 Å². The topological polar surface area (TPSA) is 82.7 Å². The number of rotatable bonds is 3. The van der Waals surface area contributed by atoms with E-state index >= 15 is 0 Å². The summed E-state index contributed by atoms with van der Waals surface area (Å²) in [6.07, 6.45) is 0.207. The summed E-state index contributed by atoms with van der Waals surface area (Å²) in [5, 5.41) is 2.83. The third kappa shape index (κ3) is 2.96. The van der Waals surface area contributed by atoms with Gasteiger partial charge in [0.15, 0.2) is 17.1 Å². The van der Waals surface area contributed by atoms with E-state index in [2.05, 4.69) is 5.32 Å². The van der Waals surface area contributed by atoms with Crippen molar-refractivity contribution in [1.82, 2.24) is 4.57 Å². The summed E-state index contributed by atoms with van der Waals surface area (Å²) >= 11 is 0. The van der Waals surface area contributed by atoms with Gasteiger partial charge in [0.1, 0.15) is 13.2 Å². The molecule has 1 aliphatic heterocycles. The highest BCUT2D eigenvalue weighted by Gasteiger charge is 2.14. The van der Waals surface area contributed by atoms with Crippen LogP contribution in [-0.4, -0.2) is 23.7 Å². The number of amides is 1. The van der Waals surface area contributed by atoms with Crippen molar-refractivity contribution >= 4 is 22.7 Å². The second kappa shape index (κ2) is 6.01. The number of aromatic nitrogens is 1. The first-order valence-corrected chi connectivity index (χ1v) is 7.88. The quantitative estimate of drug-likeness (QED) is 0.789. The molecule has 7 heteroatoms. The van der Waals surface area contributed by atoms with Crippen LogP contribution < -0.4 is 20.5 Å². The van der Waals surface area contributed by atoms with Crippen LogP contribution in [0.1, 0.15) is 5.56 Å². The van der Waals surface area contributed by atoms with Crippen molar-refractivity contribution in [2.75, 3.05) is 18.5 Å². The van der Waals surface area contributed by atoms with E-state index in [0.717, 1.165) is 5.56 Å². The standard InChI is InChI=1S/C18H16N2O5/c1-20-13-10-12(3-5-14(13)25-18(20)22)19-17(21)9-11-2-4-15-16(8-11)24-7-6-23-15/h2-5,8,10H,6-7,9H2,1H3,(H,19,21). The van der Waals surface area contributed by atoms with Gasteiger partial charge in [0.05, 0.1) is 11.9 Å². The molecular weight excluding hydrogens is 324 g/mol. The van der Waals surface area contributed by atoms with Crippen LogP contribution in [0.5, 0.6) is 11.5 Å². The van der Waals surface area contributed by atoms with Gasteiger partial charge in [-0.3, -0.25) is 9.36 Å². The maximum Gasteiger partial charge on any atom is 0.419 e. The molecule has 0 aliphatic carbocycles. The monoisotopic (exact) mass is 340 g/mol. The molecule has 1 aromatic heterocycles. The predicted molar refractivity (Wildman–Crippen MR) is 91.2 cm³/mol. The Labute approximate surface area is 142 Å². The maximum absolute atomic E-state index is 12.3. The summed E-state index contributed by atoms with van der Waals surface area (Å²) in [5.74, 6) is 0.757. The van der Waals surface area contributed by atoms with Gasteiger partial charge in [-0.25, -0.2) is 4.79 Å². The van der Waals surface area contributed by atoms with Gasteiger partial charge in [-0.1, -0.05) is 6.07 Å². The zero-order valence-electron chi connectivity index (χ0n) is 13.6. The molecule has 0 saturated carbocycles. The van der Waals surface area contributed by atoms with Gasteiger partial charge >= 0.3 is 5.76 Å². The molecule has 1 amide bonds. The molecule has 2 aromatic carbocycles. The fourth-order valence-electron chi connectivity index (χ4n) is 2.79. The van der Waals surface area contributed by atoms with Gasteiger partial charge in [-0.15, -0.1) is 0 Å². The zero-order valence-corrected chi connectivity index (χ0v) is 13.6. The van der Waals surface area contributed by atoms with Crippen LogP contribution in [-0.2, 0) is 18.3 Å². The van der Waals surface area contributed by atoms with E-state index in [1.165, 1.54) is 4.57 Å². The number of anilines is 1. The number of fused-ring (bicyclic) bond motifs is 2. The van der Waals surface area contributed by atoms with Crippen LogP contribution in [0.25, 0.3) is 11.1 Å². The van der Waals surface area contributed by atoms with Crippen LogP contribution in [0.4, 0.5) is 5.69 Å². The highest BCUT2D eigenvalue weighted by molar-refractivity contribution is 5.94. The Kier molecular flexibility index (Phi) is 3.68. The molecule has 1 aliphatic rings. The lowest BCUT2D eigenvalue weighted by Gasteiger charge is -2.18. The summed E-state index contributed by atoms with van der Waals surface area (Å²) < 4.78 is 17.5. The number of nitrogens with zero attached hydrogens (tertiary/aromatic N) is 1. The SMILES string of the molecule is Cn1c(=O)oc2ccc(NC(=O)Cc3ccc4c(c3)OCCO4)cc21. The highest BCUT2D eigenvalue weighted by atomic mass is 16.6. The lowest BCUT2D eigenvalue weighted by atomic mass is 10.1. The van der Waals surface area contributed by atoms with Crippen molar-refractivity contribution in [2.45, 2.75) is 6.42 Å². The van der Waals surface area contributed by atoms with E-state index in [4.69, 9.17) is 13.9 Å². The molecule has 2 heterocycles. The Bertz CT molecular complexity index is 1020. The molecule has 3 aromatic rings. The number of hydrogen-bond donors (Lipinski definition) is 1. The molecule has 0 spiro atoms. The van der Waals surface area contributed by atoms with Crippen molar-refractivity contribution in [2.24, 2.45) is 7.05 Å². The van der Waals surface area contributed by atoms with E-state index in [9.17, 15) is 9.59 Å². The predicted octanol–water partition coefficient (Wildman–Crippen LogP) is 2.08. The molecule has 0 bridgehead atoms. The minimum atomic E-state index is -0.435. The van der Waals surface area contributed by atoms with Crippen molar-refractivity contribution < 1.29 is 18.7 Å². The highest BCUT2D eigenvalue weighted by Crippen LogP contribution is 2.31. The minimum Gasteiger partial charge on any atom is -0.486 e. The molecule has 25 heavy (non-hydrogen) atoms. The van der Waals surface area contributed by atoms with Crippen LogP contribution >= 0.6 is 0 Å². The summed E-state index contributed by atoms with van der Waals surface area (Å²) in [4.78, 5) is 23.8. The Morgan fingerprint density at radius 3 is 2.76 bits per heavy atom. The number of nitrogens with one attached hydrogen (secondary N) is 1. The molecule has 0 fully saturated rings. The van der Waals surface area contributed by atoms with E-state index in [1.807, 2.05) is 18.2 Å². The second-order valence-electron chi connectivity index (χ2n) is 5.81. The zero-order chi connectivity index (χ0) is 17.4. The van der Waals surface area contributed by atoms with Gasteiger partial charge in [0.2, 0.25) is 5.91 Å². The first-order chi connectivity index (χ1) is 12.1. The van der Waals surface area contributed by atoms with Gasteiger partial charge in [0.25, 0.3) is 0 Å². The molecule has 0 radical (unpaired) electrons. The fraction of sp³-hybridized carbons (Fsp3) is 0.222. The normalized spacial score (nSPS) is 13.0. The number of aryl methyl sites for hydroxylation is 1. The van der Waals surface area contributed by atoms with E-state index in [0.29, 0.717) is 41.5 Å². The number of hydrogen-bond acceptors (Lipinski definition) is 5. The first kappa shape index (κ1) is 15.3. The molecular formula is C18H16N2O5. The maximum atomic E-state index is 12.3. The van der Waals surface area contributed by atoms with Gasteiger partial charge in [0, 0.05) is 12.7 Å². The van der Waals surface area contributed by atoms with Crippen molar-refractivity contribution in [1.29, 1.82) is 0 Å². The third-order valence-electron chi connectivity index (χ3n) is 4.05. The lowest BCUT2D eigenvalue weighted by Crippen LogP contribution is -2.17. The van der Waals surface area contributed by atoms with Crippen molar-refractivity contribution in [3.05, 3.63) is 52.5 Å². The average Bonchev–Trinajstić information content (AvgIpc) is 2.89. The Hall–Kier alpha value is -3.22. The molecule has 0 unspecified atom stereocenters. The molecule has 7 nitrogen and oxygen atoms in total. The second-order valence-corrected chi connectivity index (χ2v) is 5.81. The summed E-state index contributed by atoms with van der Waals surface area (Å²) in [6.45, 7) is 1.04. The smallest absolute Gasteiger partial charge is 0.419 e. The van der Waals surface area contributed by atoms with E-state index in [1.54, 1.807) is 25.2 Å². The summed E-state index contributed by atoms with van der Waals surface area (Å²) in [6, 6.07) is 10.5. The number of oxazole rings is 1. The number of ether oxygens (including phenoxy) is 2. The van der Waals surface area contributed by atoms with Crippen molar-refractivity contribution in [3.63, 3.8) is 0 Å².